The molecule has 0 unspecified atom stereocenters. The first-order valence-corrected chi connectivity index (χ1v) is 6.26. The van der Waals surface area contributed by atoms with Gasteiger partial charge in [-0.1, -0.05) is 17.7 Å². The second-order valence-electron chi connectivity index (χ2n) is 4.57. The van der Waals surface area contributed by atoms with Crippen LogP contribution < -0.4 is 10.2 Å². The summed E-state index contributed by atoms with van der Waals surface area (Å²) in [5, 5.41) is 4.19. The fourth-order valence-electron chi connectivity index (χ4n) is 1.98. The van der Waals surface area contributed by atoms with Crippen molar-refractivity contribution in [2.45, 2.75) is 6.54 Å². The fourth-order valence-corrected chi connectivity index (χ4v) is 2.32. The summed E-state index contributed by atoms with van der Waals surface area (Å²) in [5.41, 5.74) is 3.33. The van der Waals surface area contributed by atoms with Crippen LogP contribution in [0.5, 0.6) is 0 Å². The standard InChI is InChI=1S/C14H18ClN3/c1-17(2)14-12(15)5-4-6-13(14)16-9-11-7-8-18(3)10-11/h4-8,10,16H,9H2,1-3H3. The van der Waals surface area contributed by atoms with Crippen LogP contribution >= 0.6 is 11.6 Å². The molecule has 1 aromatic heterocycles. The first kappa shape index (κ1) is 12.8. The predicted octanol–water partition coefficient (Wildman–Crippen LogP) is 3.36. The maximum absolute atomic E-state index is 6.22. The molecule has 0 atom stereocenters. The Morgan fingerprint density at radius 1 is 1.28 bits per heavy atom. The zero-order valence-corrected chi connectivity index (χ0v) is 11.7. The molecular weight excluding hydrogens is 246 g/mol. The van der Waals surface area contributed by atoms with E-state index in [2.05, 4.69) is 17.6 Å². The van der Waals surface area contributed by atoms with E-state index in [0.29, 0.717) is 0 Å². The Hall–Kier alpha value is -1.61. The van der Waals surface area contributed by atoms with Crippen LogP contribution in [0.25, 0.3) is 0 Å². The van der Waals surface area contributed by atoms with Crippen molar-refractivity contribution in [2.24, 2.45) is 7.05 Å². The van der Waals surface area contributed by atoms with Crippen LogP contribution in [-0.4, -0.2) is 18.7 Å². The number of nitrogens with one attached hydrogen (secondary N) is 1. The zero-order chi connectivity index (χ0) is 13.1. The highest BCUT2D eigenvalue weighted by atomic mass is 35.5. The van der Waals surface area contributed by atoms with E-state index in [4.69, 9.17) is 11.6 Å². The molecule has 0 saturated heterocycles. The first-order valence-electron chi connectivity index (χ1n) is 5.88. The Morgan fingerprint density at radius 3 is 2.67 bits per heavy atom. The van der Waals surface area contributed by atoms with E-state index in [0.717, 1.165) is 22.9 Å². The van der Waals surface area contributed by atoms with Gasteiger partial charge >= 0.3 is 0 Å². The van der Waals surface area contributed by atoms with Crippen LogP contribution in [0, 0.1) is 0 Å². The van der Waals surface area contributed by atoms with E-state index in [1.165, 1.54) is 5.56 Å². The minimum atomic E-state index is 0.762. The van der Waals surface area contributed by atoms with E-state index in [1.807, 2.05) is 55.0 Å². The Labute approximate surface area is 113 Å². The third-order valence-electron chi connectivity index (χ3n) is 2.81. The molecule has 1 heterocycles. The molecule has 0 aliphatic carbocycles. The van der Waals surface area contributed by atoms with Crippen molar-refractivity contribution in [1.29, 1.82) is 0 Å². The maximum atomic E-state index is 6.22. The second-order valence-corrected chi connectivity index (χ2v) is 4.98. The average Bonchev–Trinajstić information content (AvgIpc) is 2.72. The summed E-state index contributed by atoms with van der Waals surface area (Å²) >= 11 is 6.22. The lowest BCUT2D eigenvalue weighted by molar-refractivity contribution is 0.920. The van der Waals surface area contributed by atoms with Crippen molar-refractivity contribution < 1.29 is 0 Å². The molecule has 0 aliphatic rings. The van der Waals surface area contributed by atoms with Crippen LogP contribution in [0.4, 0.5) is 11.4 Å². The highest BCUT2D eigenvalue weighted by Gasteiger charge is 2.08. The molecule has 18 heavy (non-hydrogen) atoms. The lowest BCUT2D eigenvalue weighted by Crippen LogP contribution is -2.12. The van der Waals surface area contributed by atoms with Gasteiger partial charge in [-0.25, -0.2) is 0 Å². The molecular formula is C14H18ClN3. The van der Waals surface area contributed by atoms with Crippen molar-refractivity contribution in [1.82, 2.24) is 4.57 Å². The predicted molar refractivity (Wildman–Crippen MR) is 78.5 cm³/mol. The number of rotatable bonds is 4. The molecule has 0 fully saturated rings. The lowest BCUT2D eigenvalue weighted by Gasteiger charge is -2.19. The van der Waals surface area contributed by atoms with Crippen molar-refractivity contribution in [3.8, 4) is 0 Å². The van der Waals surface area contributed by atoms with Gasteiger partial charge in [0.15, 0.2) is 0 Å². The molecule has 2 aromatic rings. The lowest BCUT2D eigenvalue weighted by atomic mass is 10.2. The minimum Gasteiger partial charge on any atom is -0.379 e. The maximum Gasteiger partial charge on any atom is 0.0786 e. The Balaban J connectivity index is 2.16. The molecule has 0 amide bonds. The van der Waals surface area contributed by atoms with Crippen LogP contribution in [0.3, 0.4) is 0 Å². The summed E-state index contributed by atoms with van der Waals surface area (Å²) in [5.74, 6) is 0. The van der Waals surface area contributed by atoms with Gasteiger partial charge in [0.25, 0.3) is 0 Å². The SMILES string of the molecule is CN(C)c1c(Cl)cccc1NCc1ccn(C)c1. The summed E-state index contributed by atoms with van der Waals surface area (Å²) in [6.07, 6.45) is 4.15. The molecule has 4 heteroatoms. The summed E-state index contributed by atoms with van der Waals surface area (Å²) < 4.78 is 2.04. The fraction of sp³-hybridized carbons (Fsp3) is 0.286. The number of aromatic nitrogens is 1. The molecule has 0 aliphatic heterocycles. The van der Waals surface area contributed by atoms with Crippen LogP contribution in [0.2, 0.25) is 5.02 Å². The molecule has 2 rings (SSSR count). The van der Waals surface area contributed by atoms with Crippen LogP contribution in [0.1, 0.15) is 5.56 Å². The average molecular weight is 264 g/mol. The van der Waals surface area contributed by atoms with Gasteiger partial charge in [-0.15, -0.1) is 0 Å². The van der Waals surface area contributed by atoms with Crippen molar-refractivity contribution in [2.75, 3.05) is 24.3 Å². The second kappa shape index (κ2) is 5.36. The third-order valence-corrected chi connectivity index (χ3v) is 3.12. The molecule has 1 N–H and O–H groups in total. The number of para-hydroxylation sites is 1. The number of hydrogen-bond donors (Lipinski definition) is 1. The van der Waals surface area contributed by atoms with Crippen LogP contribution in [-0.2, 0) is 13.6 Å². The topological polar surface area (TPSA) is 20.2 Å². The zero-order valence-electron chi connectivity index (χ0n) is 10.9. The largest absolute Gasteiger partial charge is 0.379 e. The van der Waals surface area contributed by atoms with Gasteiger partial charge in [0.05, 0.1) is 16.4 Å². The number of benzene rings is 1. The summed E-state index contributed by atoms with van der Waals surface area (Å²) in [6, 6.07) is 8.02. The molecule has 3 nitrogen and oxygen atoms in total. The van der Waals surface area contributed by atoms with E-state index >= 15 is 0 Å². The normalized spacial score (nSPS) is 10.4. The Bertz CT molecular complexity index is 532. The highest BCUT2D eigenvalue weighted by molar-refractivity contribution is 6.34. The van der Waals surface area contributed by atoms with Gasteiger partial charge in [-0.2, -0.15) is 0 Å². The van der Waals surface area contributed by atoms with Gasteiger partial charge in [0.1, 0.15) is 0 Å². The molecule has 0 bridgehead atoms. The Morgan fingerprint density at radius 2 is 2.06 bits per heavy atom. The first-order chi connectivity index (χ1) is 8.58. The molecule has 0 radical (unpaired) electrons. The summed E-state index contributed by atoms with van der Waals surface area (Å²) in [6.45, 7) is 0.794. The monoisotopic (exact) mass is 263 g/mol. The van der Waals surface area contributed by atoms with Gasteiger partial charge < -0.3 is 14.8 Å². The summed E-state index contributed by atoms with van der Waals surface area (Å²) in [4.78, 5) is 2.02. The van der Waals surface area contributed by atoms with E-state index in [1.54, 1.807) is 0 Å². The summed E-state index contributed by atoms with van der Waals surface area (Å²) in [7, 11) is 6.01. The van der Waals surface area contributed by atoms with Gasteiger partial charge in [-0.05, 0) is 23.8 Å². The number of hydrogen-bond acceptors (Lipinski definition) is 2. The molecule has 96 valence electrons. The molecule has 0 saturated carbocycles. The highest BCUT2D eigenvalue weighted by Crippen LogP contribution is 2.32. The van der Waals surface area contributed by atoms with Gasteiger partial charge in [0, 0.05) is 40.1 Å². The van der Waals surface area contributed by atoms with Crippen LogP contribution in [0.15, 0.2) is 36.7 Å². The minimum absolute atomic E-state index is 0.762. The molecule has 0 spiro atoms. The van der Waals surface area contributed by atoms with E-state index in [-0.39, 0.29) is 0 Å². The van der Waals surface area contributed by atoms with Gasteiger partial charge in [0.2, 0.25) is 0 Å². The van der Waals surface area contributed by atoms with E-state index < -0.39 is 0 Å². The van der Waals surface area contributed by atoms with Crippen molar-refractivity contribution in [3.63, 3.8) is 0 Å². The van der Waals surface area contributed by atoms with E-state index in [9.17, 15) is 0 Å². The number of nitrogens with zero attached hydrogens (tertiary/aromatic N) is 2. The van der Waals surface area contributed by atoms with Crippen molar-refractivity contribution in [3.05, 3.63) is 47.2 Å². The molecule has 1 aromatic carbocycles. The quantitative estimate of drug-likeness (QED) is 0.913. The van der Waals surface area contributed by atoms with Crippen molar-refractivity contribution >= 4 is 23.0 Å². The Kier molecular flexibility index (Phi) is 3.82. The van der Waals surface area contributed by atoms with Gasteiger partial charge in [-0.3, -0.25) is 0 Å². The smallest absolute Gasteiger partial charge is 0.0786 e. The number of anilines is 2. The third kappa shape index (κ3) is 2.79. The number of aryl methyl sites for hydroxylation is 1. The number of halogens is 1.